The van der Waals surface area contributed by atoms with Crippen LogP contribution >= 0.6 is 34.3 Å². The molecule has 0 unspecified atom stereocenters. The quantitative estimate of drug-likeness (QED) is 0.257. The van der Waals surface area contributed by atoms with Crippen LogP contribution in [0.25, 0.3) is 30.6 Å². The predicted molar refractivity (Wildman–Crippen MR) is 100 cm³/mol. The van der Waals surface area contributed by atoms with Crippen molar-refractivity contribution in [3.05, 3.63) is 57.9 Å². The number of hydrogen-bond acceptors (Lipinski definition) is 2. The molecular formula is C19H7ClF6S2. The highest BCUT2D eigenvalue weighted by Crippen LogP contribution is 2.67. The Hall–Kier alpha value is -1.77. The number of hydrogen-bond donors (Lipinski definition) is 0. The molecule has 1 aliphatic rings. The van der Waals surface area contributed by atoms with E-state index in [0.29, 0.717) is 10.4 Å². The topological polar surface area (TPSA) is 0 Å². The van der Waals surface area contributed by atoms with E-state index in [2.05, 4.69) is 0 Å². The van der Waals surface area contributed by atoms with Gasteiger partial charge in [0, 0.05) is 26.8 Å². The molecule has 0 amide bonds. The van der Waals surface area contributed by atoms with Gasteiger partial charge in [-0.15, -0.1) is 22.7 Å². The number of alkyl halides is 6. The molecule has 5 rings (SSSR count). The van der Waals surface area contributed by atoms with Gasteiger partial charge in [-0.05, 0) is 17.7 Å². The van der Waals surface area contributed by atoms with Crippen LogP contribution in [0.4, 0.5) is 26.3 Å². The van der Waals surface area contributed by atoms with E-state index in [1.807, 2.05) is 0 Å². The summed E-state index contributed by atoms with van der Waals surface area (Å²) in [7, 11) is 0. The minimum absolute atomic E-state index is 0.0636. The molecule has 0 nitrogen and oxygen atoms in total. The highest BCUT2D eigenvalue weighted by Gasteiger charge is 2.80. The molecular weight excluding hydrogens is 442 g/mol. The normalized spacial score (nSPS) is 19.4. The van der Waals surface area contributed by atoms with E-state index in [-0.39, 0.29) is 24.5 Å². The first-order valence-electron chi connectivity index (χ1n) is 7.95. The molecule has 0 aliphatic heterocycles. The van der Waals surface area contributed by atoms with Crippen LogP contribution in [-0.4, -0.2) is 5.92 Å². The zero-order chi connectivity index (χ0) is 20.1. The second-order valence-electron chi connectivity index (χ2n) is 6.49. The lowest BCUT2D eigenvalue weighted by Crippen LogP contribution is -2.43. The third kappa shape index (κ3) is 2.03. The first-order chi connectivity index (χ1) is 13.1. The fourth-order valence-electron chi connectivity index (χ4n) is 3.64. The van der Waals surface area contributed by atoms with Gasteiger partial charge in [-0.25, -0.2) is 0 Å². The molecule has 28 heavy (non-hydrogen) atoms. The van der Waals surface area contributed by atoms with Gasteiger partial charge in [0.15, 0.2) is 0 Å². The van der Waals surface area contributed by atoms with Crippen LogP contribution in [0.2, 0.25) is 4.34 Å². The zero-order valence-corrected chi connectivity index (χ0v) is 15.9. The third-order valence-electron chi connectivity index (χ3n) is 4.90. The molecule has 2 heterocycles. The molecule has 4 aromatic rings. The summed E-state index contributed by atoms with van der Waals surface area (Å²) in [5.41, 5.74) is -1.96. The average molecular weight is 449 g/mol. The Morgan fingerprint density at radius 3 is 1.86 bits per heavy atom. The SMILES string of the molecule is FC1(F)c2c(c3cc(-c4ccccc4)sc3c3sc(Cl)cc23)C(F)(F)C1(F)F. The lowest BCUT2D eigenvalue weighted by molar-refractivity contribution is -0.301. The first kappa shape index (κ1) is 18.3. The lowest BCUT2D eigenvalue weighted by Gasteiger charge is -2.23. The van der Waals surface area contributed by atoms with Gasteiger partial charge in [0.05, 0.1) is 13.7 Å². The summed E-state index contributed by atoms with van der Waals surface area (Å²) in [6, 6.07) is 11.0. The Kier molecular flexibility index (Phi) is 3.54. The molecule has 0 radical (unpaired) electrons. The van der Waals surface area contributed by atoms with Crippen molar-refractivity contribution in [3.63, 3.8) is 0 Å². The van der Waals surface area contributed by atoms with Crippen molar-refractivity contribution in [3.8, 4) is 10.4 Å². The minimum Gasteiger partial charge on any atom is -0.194 e. The Labute approximate surface area is 167 Å². The van der Waals surface area contributed by atoms with Gasteiger partial charge >= 0.3 is 17.8 Å². The van der Waals surface area contributed by atoms with Crippen LogP contribution in [0.5, 0.6) is 0 Å². The number of thiophene rings is 2. The maximum absolute atomic E-state index is 14.6. The van der Waals surface area contributed by atoms with Gasteiger partial charge in [0.25, 0.3) is 0 Å². The van der Waals surface area contributed by atoms with E-state index in [0.717, 1.165) is 28.7 Å². The van der Waals surface area contributed by atoms with E-state index < -0.39 is 28.9 Å². The van der Waals surface area contributed by atoms with E-state index in [4.69, 9.17) is 11.6 Å². The summed E-state index contributed by atoms with van der Waals surface area (Å²) in [6.45, 7) is 0. The lowest BCUT2D eigenvalue weighted by atomic mass is 9.99. The fraction of sp³-hybridized carbons (Fsp3) is 0.158. The van der Waals surface area contributed by atoms with Gasteiger partial charge in [-0.3, -0.25) is 0 Å². The number of halogens is 7. The molecule has 0 atom stereocenters. The van der Waals surface area contributed by atoms with Crippen LogP contribution in [0, 0.1) is 0 Å². The zero-order valence-electron chi connectivity index (χ0n) is 13.5. The van der Waals surface area contributed by atoms with E-state index in [9.17, 15) is 26.3 Å². The third-order valence-corrected chi connectivity index (χ3v) is 7.52. The Morgan fingerprint density at radius 1 is 0.714 bits per heavy atom. The van der Waals surface area contributed by atoms with Gasteiger partial charge in [-0.2, -0.15) is 26.3 Å². The molecule has 0 saturated heterocycles. The van der Waals surface area contributed by atoms with E-state index >= 15 is 0 Å². The number of rotatable bonds is 1. The maximum Gasteiger partial charge on any atom is 0.380 e. The summed E-state index contributed by atoms with van der Waals surface area (Å²) < 4.78 is 87.2. The van der Waals surface area contributed by atoms with Crippen molar-refractivity contribution >= 4 is 54.4 Å². The van der Waals surface area contributed by atoms with Crippen molar-refractivity contribution in [1.82, 2.24) is 0 Å². The van der Waals surface area contributed by atoms with Gasteiger partial charge in [-0.1, -0.05) is 41.9 Å². The van der Waals surface area contributed by atoms with Crippen molar-refractivity contribution in [2.75, 3.05) is 0 Å². The molecule has 0 saturated carbocycles. The van der Waals surface area contributed by atoms with Crippen LogP contribution in [0.1, 0.15) is 11.1 Å². The first-order valence-corrected chi connectivity index (χ1v) is 9.97. The monoisotopic (exact) mass is 448 g/mol. The summed E-state index contributed by atoms with van der Waals surface area (Å²) >= 11 is 7.95. The number of fused-ring (bicyclic) bond motifs is 6. The summed E-state index contributed by atoms with van der Waals surface area (Å²) in [5.74, 6) is -15.6. The van der Waals surface area contributed by atoms with Crippen molar-refractivity contribution in [2.24, 2.45) is 0 Å². The fourth-order valence-corrected chi connectivity index (χ4v) is 6.20. The van der Waals surface area contributed by atoms with E-state index in [1.165, 1.54) is 6.07 Å². The van der Waals surface area contributed by atoms with Crippen LogP contribution in [-0.2, 0) is 11.8 Å². The van der Waals surface area contributed by atoms with Gasteiger partial charge in [0.1, 0.15) is 0 Å². The smallest absolute Gasteiger partial charge is 0.194 e. The minimum atomic E-state index is -5.53. The second-order valence-corrected chi connectivity index (χ2v) is 9.22. The predicted octanol–water partition coefficient (Wildman–Crippen LogP) is 8.27. The molecule has 0 N–H and O–H groups in total. The molecule has 0 bridgehead atoms. The highest BCUT2D eigenvalue weighted by molar-refractivity contribution is 7.30. The van der Waals surface area contributed by atoms with Crippen LogP contribution in [0.3, 0.4) is 0 Å². The molecule has 1 aliphatic carbocycles. The van der Waals surface area contributed by atoms with Crippen molar-refractivity contribution < 1.29 is 26.3 Å². The molecule has 2 aromatic carbocycles. The van der Waals surface area contributed by atoms with Gasteiger partial charge in [0.2, 0.25) is 0 Å². The van der Waals surface area contributed by atoms with E-state index in [1.54, 1.807) is 30.3 Å². The highest BCUT2D eigenvalue weighted by atomic mass is 35.5. The van der Waals surface area contributed by atoms with Crippen LogP contribution < -0.4 is 0 Å². The maximum atomic E-state index is 14.6. The Balaban J connectivity index is 1.99. The molecule has 0 fully saturated rings. The average Bonchev–Trinajstić information content (AvgIpc) is 3.25. The largest absolute Gasteiger partial charge is 0.380 e. The van der Waals surface area contributed by atoms with Crippen molar-refractivity contribution in [2.45, 2.75) is 17.8 Å². The second kappa shape index (κ2) is 5.43. The number of benzene rings is 2. The molecule has 9 heteroatoms. The summed E-state index contributed by atoms with van der Waals surface area (Å²) in [6.07, 6.45) is 0. The summed E-state index contributed by atoms with van der Waals surface area (Å²) in [5, 5.41) is -0.632. The Morgan fingerprint density at radius 2 is 1.25 bits per heavy atom. The van der Waals surface area contributed by atoms with Crippen molar-refractivity contribution in [1.29, 1.82) is 0 Å². The molecule has 144 valence electrons. The van der Waals surface area contributed by atoms with Gasteiger partial charge < -0.3 is 0 Å². The molecule has 0 spiro atoms. The molecule has 2 aromatic heterocycles. The Bertz CT molecular complexity index is 1260. The summed E-state index contributed by atoms with van der Waals surface area (Å²) in [4.78, 5) is 0.518. The standard InChI is InChI=1S/C19H7ClF6S2/c20-12-7-10-14-13(17(21,22)19(25,26)18(14,23)24)9-6-11(8-4-2-1-3-5-8)27-15(9)16(10)28-12/h1-7H. The van der Waals surface area contributed by atoms with Crippen LogP contribution in [0.15, 0.2) is 42.5 Å².